The first-order valence-corrected chi connectivity index (χ1v) is 6.75. The Kier molecular flexibility index (Phi) is 3.69. The first-order valence-electron chi connectivity index (χ1n) is 5.14. The van der Waals surface area contributed by atoms with E-state index in [-0.39, 0.29) is 0 Å². The molecule has 3 nitrogen and oxygen atoms in total. The van der Waals surface area contributed by atoms with E-state index in [1.54, 1.807) is 7.11 Å². The second kappa shape index (κ2) is 5.06. The molecule has 0 aliphatic carbocycles. The van der Waals surface area contributed by atoms with Crippen molar-refractivity contribution in [3.8, 4) is 5.75 Å². The van der Waals surface area contributed by atoms with Gasteiger partial charge in [-0.2, -0.15) is 0 Å². The van der Waals surface area contributed by atoms with Gasteiger partial charge in [0.2, 0.25) is 0 Å². The van der Waals surface area contributed by atoms with Crippen LogP contribution in [0.25, 0.3) is 0 Å². The third-order valence-corrected chi connectivity index (χ3v) is 4.26. The Morgan fingerprint density at radius 2 is 2.24 bits per heavy atom. The van der Waals surface area contributed by atoms with Gasteiger partial charge in [0.15, 0.2) is 5.13 Å². The van der Waals surface area contributed by atoms with E-state index >= 15 is 0 Å². The van der Waals surface area contributed by atoms with E-state index in [0.29, 0.717) is 5.13 Å². The van der Waals surface area contributed by atoms with Crippen molar-refractivity contribution in [3.05, 3.63) is 38.8 Å². The molecular weight excluding hydrogens is 300 g/mol. The number of hydrogen-bond acceptors (Lipinski definition) is 4. The Hall–Kier alpha value is -1.07. The number of hydrogen-bond donors (Lipinski definition) is 1. The van der Waals surface area contributed by atoms with Crippen LogP contribution in [0.15, 0.2) is 22.8 Å². The number of aryl methyl sites for hydroxylation is 1. The number of rotatable bonds is 3. The fraction of sp³-hybridized carbons (Fsp3) is 0.250. The maximum absolute atomic E-state index is 5.68. The number of thiazole rings is 1. The van der Waals surface area contributed by atoms with Crippen molar-refractivity contribution in [1.29, 1.82) is 0 Å². The monoisotopic (exact) mass is 312 g/mol. The molecular formula is C12H13BrN2OS. The van der Waals surface area contributed by atoms with Crippen molar-refractivity contribution in [2.75, 3.05) is 12.8 Å². The van der Waals surface area contributed by atoms with Gasteiger partial charge in [0, 0.05) is 11.3 Å². The second-order valence-electron chi connectivity index (χ2n) is 3.76. The zero-order valence-electron chi connectivity index (χ0n) is 9.66. The molecule has 2 N–H and O–H groups in total. The lowest BCUT2D eigenvalue weighted by molar-refractivity contribution is 0.410. The van der Waals surface area contributed by atoms with Crippen LogP contribution < -0.4 is 10.5 Å². The van der Waals surface area contributed by atoms with Crippen molar-refractivity contribution in [2.45, 2.75) is 13.3 Å². The molecule has 2 rings (SSSR count). The molecule has 2 aromatic rings. The number of benzene rings is 1. The average Bonchev–Trinajstić information content (AvgIpc) is 2.58. The lowest BCUT2D eigenvalue weighted by Gasteiger charge is -2.08. The number of nitrogens with two attached hydrogens (primary N) is 1. The van der Waals surface area contributed by atoms with E-state index in [2.05, 4.69) is 33.9 Å². The highest BCUT2D eigenvalue weighted by Crippen LogP contribution is 2.30. The van der Waals surface area contributed by atoms with Crippen LogP contribution in [0.3, 0.4) is 0 Å². The minimum Gasteiger partial charge on any atom is -0.496 e. The minimum atomic E-state index is 0.582. The summed E-state index contributed by atoms with van der Waals surface area (Å²) < 4.78 is 6.18. The van der Waals surface area contributed by atoms with E-state index in [1.807, 2.05) is 12.1 Å². The van der Waals surface area contributed by atoms with Crippen LogP contribution in [0.1, 0.15) is 16.0 Å². The molecule has 0 unspecified atom stereocenters. The van der Waals surface area contributed by atoms with Gasteiger partial charge in [0.05, 0.1) is 7.11 Å². The normalized spacial score (nSPS) is 10.5. The summed E-state index contributed by atoms with van der Waals surface area (Å²) in [5.41, 5.74) is 8.05. The molecule has 0 atom stereocenters. The maximum atomic E-state index is 5.68. The van der Waals surface area contributed by atoms with Gasteiger partial charge in [-0.05, 0) is 34.5 Å². The number of halogens is 1. The van der Waals surface area contributed by atoms with Gasteiger partial charge >= 0.3 is 0 Å². The summed E-state index contributed by atoms with van der Waals surface area (Å²) in [6.07, 6.45) is 0.778. The zero-order chi connectivity index (χ0) is 12.4. The van der Waals surface area contributed by atoms with E-state index in [0.717, 1.165) is 27.2 Å². The molecule has 90 valence electrons. The zero-order valence-corrected chi connectivity index (χ0v) is 12.1. The van der Waals surface area contributed by atoms with Gasteiger partial charge in [-0.1, -0.05) is 17.7 Å². The standard InChI is InChI=1S/C12H13BrN2OS/c1-7-3-4-9(16-2)8(5-7)6-10-11(13)15-12(14)17-10/h3-5H,6H2,1-2H3,(H2,14,15). The fourth-order valence-electron chi connectivity index (χ4n) is 1.68. The molecule has 1 aromatic carbocycles. The van der Waals surface area contributed by atoms with E-state index in [4.69, 9.17) is 10.5 Å². The average molecular weight is 313 g/mol. The third-order valence-electron chi connectivity index (χ3n) is 2.45. The summed E-state index contributed by atoms with van der Waals surface area (Å²) >= 11 is 4.92. The molecule has 0 fully saturated rings. The van der Waals surface area contributed by atoms with Gasteiger partial charge in [0.25, 0.3) is 0 Å². The fourth-order valence-corrected chi connectivity index (χ4v) is 3.12. The number of nitrogens with zero attached hydrogens (tertiary/aromatic N) is 1. The van der Waals surface area contributed by atoms with Gasteiger partial charge in [-0.25, -0.2) is 4.98 Å². The highest BCUT2D eigenvalue weighted by Gasteiger charge is 2.11. The van der Waals surface area contributed by atoms with Crippen molar-refractivity contribution >= 4 is 32.4 Å². The summed E-state index contributed by atoms with van der Waals surface area (Å²) in [6, 6.07) is 6.16. The van der Waals surface area contributed by atoms with Gasteiger partial charge in [-0.15, -0.1) is 11.3 Å². The van der Waals surface area contributed by atoms with Crippen LogP contribution in [0.5, 0.6) is 5.75 Å². The highest BCUT2D eigenvalue weighted by molar-refractivity contribution is 9.10. The lowest BCUT2D eigenvalue weighted by Crippen LogP contribution is -1.93. The summed E-state index contributed by atoms with van der Waals surface area (Å²) in [6.45, 7) is 2.07. The van der Waals surface area contributed by atoms with Crippen molar-refractivity contribution in [3.63, 3.8) is 0 Å². The second-order valence-corrected chi connectivity index (χ2v) is 5.62. The molecule has 0 spiro atoms. The number of anilines is 1. The van der Waals surface area contributed by atoms with Crippen LogP contribution in [0.2, 0.25) is 0 Å². The first-order chi connectivity index (χ1) is 8.10. The molecule has 1 heterocycles. The Morgan fingerprint density at radius 3 is 2.82 bits per heavy atom. The Morgan fingerprint density at radius 1 is 1.47 bits per heavy atom. The molecule has 0 radical (unpaired) electrons. The largest absolute Gasteiger partial charge is 0.496 e. The summed E-state index contributed by atoms with van der Waals surface area (Å²) in [5.74, 6) is 0.898. The molecule has 0 saturated carbocycles. The quantitative estimate of drug-likeness (QED) is 0.945. The van der Waals surface area contributed by atoms with Crippen LogP contribution in [0.4, 0.5) is 5.13 Å². The van der Waals surface area contributed by atoms with E-state index < -0.39 is 0 Å². The van der Waals surface area contributed by atoms with Crippen molar-refractivity contribution in [2.24, 2.45) is 0 Å². The van der Waals surface area contributed by atoms with Crippen molar-refractivity contribution < 1.29 is 4.74 Å². The number of nitrogen functional groups attached to an aromatic ring is 1. The van der Waals surface area contributed by atoms with Crippen LogP contribution >= 0.6 is 27.3 Å². The van der Waals surface area contributed by atoms with Gasteiger partial charge in [-0.3, -0.25) is 0 Å². The van der Waals surface area contributed by atoms with E-state index in [9.17, 15) is 0 Å². The summed E-state index contributed by atoms with van der Waals surface area (Å²) in [5, 5.41) is 0.582. The molecule has 17 heavy (non-hydrogen) atoms. The molecule has 0 saturated heterocycles. The number of methoxy groups -OCH3 is 1. The highest BCUT2D eigenvalue weighted by atomic mass is 79.9. The Bertz CT molecular complexity index is 539. The van der Waals surface area contributed by atoms with Crippen molar-refractivity contribution in [1.82, 2.24) is 4.98 Å². The van der Waals surface area contributed by atoms with Gasteiger partial charge < -0.3 is 10.5 Å². The Labute approximate surface area is 113 Å². The number of aromatic nitrogens is 1. The number of ether oxygens (including phenoxy) is 1. The topological polar surface area (TPSA) is 48.1 Å². The minimum absolute atomic E-state index is 0.582. The molecule has 5 heteroatoms. The van der Waals surface area contributed by atoms with Crippen LogP contribution in [-0.4, -0.2) is 12.1 Å². The van der Waals surface area contributed by atoms with Crippen LogP contribution in [0, 0.1) is 6.92 Å². The molecule has 0 bridgehead atoms. The van der Waals surface area contributed by atoms with E-state index in [1.165, 1.54) is 16.9 Å². The third kappa shape index (κ3) is 2.79. The molecule has 0 amide bonds. The predicted molar refractivity (Wildman–Crippen MR) is 74.8 cm³/mol. The first kappa shape index (κ1) is 12.4. The molecule has 1 aromatic heterocycles. The van der Waals surface area contributed by atoms with Crippen LogP contribution in [-0.2, 0) is 6.42 Å². The predicted octanol–water partition coefficient (Wildman–Crippen LogP) is 3.40. The smallest absolute Gasteiger partial charge is 0.181 e. The molecule has 0 aliphatic heterocycles. The SMILES string of the molecule is COc1ccc(C)cc1Cc1sc(N)nc1Br. The van der Waals surface area contributed by atoms with Gasteiger partial charge in [0.1, 0.15) is 10.4 Å². The molecule has 0 aliphatic rings. The maximum Gasteiger partial charge on any atom is 0.181 e. The Balaban J connectivity index is 2.35. The summed E-state index contributed by atoms with van der Waals surface area (Å²) in [7, 11) is 1.68. The lowest BCUT2D eigenvalue weighted by atomic mass is 10.1. The summed E-state index contributed by atoms with van der Waals surface area (Å²) in [4.78, 5) is 5.27.